The number of thiophene rings is 1. The molecule has 1 atom stereocenters. The van der Waals surface area contributed by atoms with Gasteiger partial charge in [0.1, 0.15) is 17.3 Å². The topological polar surface area (TPSA) is 87.1 Å². The predicted molar refractivity (Wildman–Crippen MR) is 118 cm³/mol. The number of aliphatic hydroxyl groups is 1. The highest BCUT2D eigenvalue weighted by molar-refractivity contribution is 7.09. The number of carbonyl (C=O) groups excluding carboxylic acids is 2. The van der Waals surface area contributed by atoms with E-state index >= 15 is 0 Å². The number of Topliss-reactive ketones (excluding diaryl/α,β-unsaturated/α-hetero) is 1. The highest BCUT2D eigenvalue weighted by Gasteiger charge is 2.46. The Morgan fingerprint density at radius 1 is 1.06 bits per heavy atom. The van der Waals surface area contributed by atoms with E-state index in [2.05, 4.69) is 0 Å². The molecule has 2 aromatic carbocycles. The number of hydrogen-bond acceptors (Lipinski definition) is 6. The first-order chi connectivity index (χ1) is 15.0. The molecule has 6 nitrogen and oxygen atoms in total. The second-order valence-electron chi connectivity index (χ2n) is 7.06. The first-order valence-corrected chi connectivity index (χ1v) is 10.7. The summed E-state index contributed by atoms with van der Waals surface area (Å²) < 4.78 is 5.43. The van der Waals surface area contributed by atoms with Crippen molar-refractivity contribution in [3.63, 3.8) is 0 Å². The van der Waals surface area contributed by atoms with Gasteiger partial charge >= 0.3 is 0 Å². The van der Waals surface area contributed by atoms with E-state index in [0.717, 1.165) is 4.88 Å². The van der Waals surface area contributed by atoms with Crippen LogP contribution >= 0.6 is 11.3 Å². The van der Waals surface area contributed by atoms with Crippen LogP contribution in [-0.2, 0) is 16.1 Å². The molecule has 1 aliphatic rings. The number of phenolic OH excluding ortho intramolecular Hbond substituents is 1. The summed E-state index contributed by atoms with van der Waals surface area (Å²) >= 11 is 1.49. The minimum atomic E-state index is -0.769. The zero-order chi connectivity index (χ0) is 22.0. The fourth-order valence-corrected chi connectivity index (χ4v) is 4.35. The van der Waals surface area contributed by atoms with Crippen LogP contribution in [-0.4, -0.2) is 33.4 Å². The van der Waals surface area contributed by atoms with Gasteiger partial charge in [-0.05, 0) is 60.3 Å². The van der Waals surface area contributed by atoms with Crippen molar-refractivity contribution in [3.05, 3.63) is 87.6 Å². The molecule has 7 heteroatoms. The van der Waals surface area contributed by atoms with Crippen LogP contribution in [0.15, 0.2) is 71.6 Å². The highest BCUT2D eigenvalue weighted by atomic mass is 32.1. The van der Waals surface area contributed by atoms with Gasteiger partial charge in [0.15, 0.2) is 0 Å². The van der Waals surface area contributed by atoms with Gasteiger partial charge in [0.05, 0.1) is 24.8 Å². The normalized spacial score (nSPS) is 17.8. The molecular formula is C24H21NO5S. The Hall–Kier alpha value is -3.58. The molecule has 0 spiro atoms. The van der Waals surface area contributed by atoms with Crippen LogP contribution in [0.4, 0.5) is 0 Å². The molecule has 2 heterocycles. The zero-order valence-electron chi connectivity index (χ0n) is 16.8. The Kier molecular flexibility index (Phi) is 5.77. The summed E-state index contributed by atoms with van der Waals surface area (Å²) in [4.78, 5) is 28.3. The van der Waals surface area contributed by atoms with Crippen LogP contribution in [0.1, 0.15) is 29.0 Å². The van der Waals surface area contributed by atoms with E-state index < -0.39 is 17.7 Å². The number of likely N-dealkylation sites (tertiary alicyclic amines) is 1. The molecule has 0 aliphatic carbocycles. The lowest BCUT2D eigenvalue weighted by Crippen LogP contribution is -2.28. The molecule has 2 N–H and O–H groups in total. The number of hydrogen-bond donors (Lipinski definition) is 2. The van der Waals surface area contributed by atoms with Gasteiger partial charge in [-0.3, -0.25) is 9.59 Å². The van der Waals surface area contributed by atoms with E-state index in [4.69, 9.17) is 4.74 Å². The molecule has 1 saturated heterocycles. The molecule has 0 saturated carbocycles. The fourth-order valence-electron chi connectivity index (χ4n) is 3.65. The van der Waals surface area contributed by atoms with Gasteiger partial charge in [-0.2, -0.15) is 0 Å². The summed E-state index contributed by atoms with van der Waals surface area (Å²) in [6.45, 7) is 2.63. The van der Waals surface area contributed by atoms with Crippen LogP contribution < -0.4 is 4.74 Å². The van der Waals surface area contributed by atoms with Crippen LogP contribution in [0.5, 0.6) is 11.5 Å². The van der Waals surface area contributed by atoms with E-state index in [-0.39, 0.29) is 23.6 Å². The third kappa shape index (κ3) is 4.04. The number of amides is 1. The number of aromatic hydroxyl groups is 1. The van der Waals surface area contributed by atoms with Crippen LogP contribution in [0.25, 0.3) is 5.76 Å². The maximum absolute atomic E-state index is 13.0. The van der Waals surface area contributed by atoms with Gasteiger partial charge in [-0.25, -0.2) is 0 Å². The van der Waals surface area contributed by atoms with Gasteiger partial charge in [-0.15, -0.1) is 11.3 Å². The number of nitrogens with zero attached hydrogens (tertiary/aromatic N) is 1. The third-order valence-electron chi connectivity index (χ3n) is 5.09. The van der Waals surface area contributed by atoms with E-state index in [1.807, 2.05) is 24.4 Å². The average Bonchev–Trinajstić information content (AvgIpc) is 3.37. The van der Waals surface area contributed by atoms with Gasteiger partial charge in [-0.1, -0.05) is 18.2 Å². The molecular weight excluding hydrogens is 414 g/mol. The summed E-state index contributed by atoms with van der Waals surface area (Å²) in [5.41, 5.74) is 1.07. The fraction of sp³-hybridized carbons (Fsp3) is 0.167. The van der Waals surface area contributed by atoms with Gasteiger partial charge in [0.2, 0.25) is 0 Å². The van der Waals surface area contributed by atoms with E-state index in [0.29, 0.717) is 23.5 Å². The molecule has 1 fully saturated rings. The molecule has 1 unspecified atom stereocenters. The maximum Gasteiger partial charge on any atom is 0.295 e. The van der Waals surface area contributed by atoms with Crippen molar-refractivity contribution in [1.29, 1.82) is 0 Å². The van der Waals surface area contributed by atoms with Crippen LogP contribution in [0, 0.1) is 0 Å². The first kappa shape index (κ1) is 20.7. The Balaban J connectivity index is 1.81. The van der Waals surface area contributed by atoms with Crippen molar-refractivity contribution >= 4 is 28.8 Å². The Morgan fingerprint density at radius 2 is 1.77 bits per heavy atom. The largest absolute Gasteiger partial charge is 0.508 e. The smallest absolute Gasteiger partial charge is 0.295 e. The Labute approximate surface area is 183 Å². The molecule has 3 aromatic rings. The first-order valence-electron chi connectivity index (χ1n) is 9.82. The highest BCUT2D eigenvalue weighted by Crippen LogP contribution is 2.41. The van der Waals surface area contributed by atoms with Crippen molar-refractivity contribution in [2.45, 2.75) is 19.5 Å². The van der Waals surface area contributed by atoms with Crippen molar-refractivity contribution < 1.29 is 24.5 Å². The van der Waals surface area contributed by atoms with E-state index in [9.17, 15) is 19.8 Å². The number of rotatable bonds is 6. The van der Waals surface area contributed by atoms with Gasteiger partial charge in [0, 0.05) is 10.4 Å². The third-order valence-corrected chi connectivity index (χ3v) is 5.95. The van der Waals surface area contributed by atoms with Crippen LogP contribution in [0.3, 0.4) is 0 Å². The minimum Gasteiger partial charge on any atom is -0.508 e. The lowest BCUT2D eigenvalue weighted by Gasteiger charge is -2.25. The molecule has 1 aromatic heterocycles. The summed E-state index contributed by atoms with van der Waals surface area (Å²) in [7, 11) is 0. The summed E-state index contributed by atoms with van der Waals surface area (Å²) in [6, 6.07) is 16.0. The number of phenols is 1. The quantitative estimate of drug-likeness (QED) is 0.339. The minimum absolute atomic E-state index is 0.0244. The van der Waals surface area contributed by atoms with Crippen molar-refractivity contribution in [1.82, 2.24) is 4.90 Å². The monoisotopic (exact) mass is 435 g/mol. The van der Waals surface area contributed by atoms with Gasteiger partial charge in [0.25, 0.3) is 11.7 Å². The Morgan fingerprint density at radius 3 is 2.39 bits per heavy atom. The van der Waals surface area contributed by atoms with E-state index in [1.54, 1.807) is 36.4 Å². The second kappa shape index (κ2) is 8.65. The second-order valence-corrected chi connectivity index (χ2v) is 8.09. The molecule has 158 valence electrons. The maximum atomic E-state index is 13.0. The molecule has 1 amide bonds. The molecule has 31 heavy (non-hydrogen) atoms. The predicted octanol–water partition coefficient (Wildman–Crippen LogP) is 4.47. The summed E-state index contributed by atoms with van der Waals surface area (Å²) in [6.07, 6.45) is 0. The average molecular weight is 436 g/mol. The zero-order valence-corrected chi connectivity index (χ0v) is 17.6. The molecule has 0 radical (unpaired) electrons. The number of ketones is 1. The number of ether oxygens (including phenoxy) is 1. The van der Waals surface area contributed by atoms with Crippen molar-refractivity contribution in [2.75, 3.05) is 6.61 Å². The van der Waals surface area contributed by atoms with Gasteiger partial charge < -0.3 is 19.8 Å². The Bertz CT molecular complexity index is 1120. The standard InChI is InChI=1S/C24H21NO5S/c1-2-30-18-11-7-16(8-12-18)22(27)20-21(15-5-9-17(26)10-6-15)25(24(29)23(20)28)14-19-4-3-13-31-19/h3-13,21,26-27H,2,14H2,1H3/b22-20-. The molecule has 1 aliphatic heterocycles. The van der Waals surface area contributed by atoms with Crippen molar-refractivity contribution in [2.24, 2.45) is 0 Å². The summed E-state index contributed by atoms with van der Waals surface area (Å²) in [5.74, 6) is -0.925. The summed E-state index contributed by atoms with van der Waals surface area (Å²) in [5, 5.41) is 22.6. The number of carbonyl (C=O) groups is 2. The lowest BCUT2D eigenvalue weighted by atomic mass is 9.95. The molecule has 4 rings (SSSR count). The van der Waals surface area contributed by atoms with Crippen molar-refractivity contribution in [3.8, 4) is 11.5 Å². The van der Waals surface area contributed by atoms with Crippen LogP contribution in [0.2, 0.25) is 0 Å². The lowest BCUT2D eigenvalue weighted by molar-refractivity contribution is -0.140. The number of aliphatic hydroxyl groups excluding tert-OH is 1. The number of benzene rings is 2. The SMILES string of the molecule is CCOc1ccc(/C(O)=C2/C(=O)C(=O)N(Cc3cccs3)C2c2ccc(O)cc2)cc1. The van der Waals surface area contributed by atoms with E-state index in [1.165, 1.54) is 28.4 Å². The molecule has 0 bridgehead atoms.